The fourth-order valence-corrected chi connectivity index (χ4v) is 2.38. The normalized spacial score (nSPS) is 12.7. The summed E-state index contributed by atoms with van der Waals surface area (Å²) in [6.45, 7) is 4.02. The predicted molar refractivity (Wildman–Crippen MR) is 84.5 cm³/mol. The van der Waals surface area contributed by atoms with Crippen molar-refractivity contribution in [3.8, 4) is 0 Å². The second-order valence-electron chi connectivity index (χ2n) is 5.39. The second kappa shape index (κ2) is 6.86. The van der Waals surface area contributed by atoms with Crippen molar-refractivity contribution in [3.05, 3.63) is 65.2 Å². The summed E-state index contributed by atoms with van der Waals surface area (Å²) in [4.78, 5) is 12.3. The third-order valence-corrected chi connectivity index (χ3v) is 3.83. The molecule has 0 fully saturated rings. The number of benzene rings is 2. The molecule has 0 saturated carbocycles. The van der Waals surface area contributed by atoms with E-state index in [4.69, 9.17) is 0 Å². The molecule has 2 aromatic carbocycles. The minimum absolute atomic E-state index is 0.198. The van der Waals surface area contributed by atoms with Gasteiger partial charge in [-0.2, -0.15) is 13.2 Å². The van der Waals surface area contributed by atoms with Gasteiger partial charge in [-0.05, 0) is 36.1 Å². The van der Waals surface area contributed by atoms with Gasteiger partial charge in [0, 0.05) is 5.69 Å². The highest BCUT2D eigenvalue weighted by Crippen LogP contribution is 2.33. The Bertz CT molecular complexity index is 695. The number of halogens is 3. The molecular weight excluding hydrogens is 303 g/mol. The number of carbonyl (C=O) groups is 1. The standard InChI is InChI=1S/C18H18F3NO/c1-3-12(2)13-8-5-7-11-16(13)22-17(23)14-9-4-6-10-15(14)18(19,20)21/h4-12H,3H2,1-2H3,(H,22,23)/t12-/m0/s1. The monoisotopic (exact) mass is 321 g/mol. The SMILES string of the molecule is CC[C@H](C)c1ccccc1NC(=O)c1ccccc1C(F)(F)F. The van der Waals surface area contributed by atoms with Gasteiger partial charge in [-0.15, -0.1) is 0 Å². The fraction of sp³-hybridized carbons (Fsp3) is 0.278. The van der Waals surface area contributed by atoms with Crippen molar-refractivity contribution in [3.63, 3.8) is 0 Å². The van der Waals surface area contributed by atoms with Gasteiger partial charge in [-0.3, -0.25) is 4.79 Å². The van der Waals surface area contributed by atoms with Gasteiger partial charge < -0.3 is 5.32 Å². The first kappa shape index (κ1) is 17.1. The Balaban J connectivity index is 2.35. The maximum absolute atomic E-state index is 13.0. The molecule has 23 heavy (non-hydrogen) atoms. The zero-order chi connectivity index (χ0) is 17.0. The van der Waals surface area contributed by atoms with Crippen LogP contribution in [-0.2, 0) is 6.18 Å². The molecule has 0 aliphatic rings. The Hall–Kier alpha value is -2.30. The van der Waals surface area contributed by atoms with Gasteiger partial charge in [0.2, 0.25) is 0 Å². The van der Waals surface area contributed by atoms with E-state index in [2.05, 4.69) is 5.32 Å². The summed E-state index contributed by atoms with van der Waals surface area (Å²) in [5.41, 5.74) is 0.147. The molecule has 2 nitrogen and oxygen atoms in total. The van der Waals surface area contributed by atoms with Crippen LogP contribution in [-0.4, -0.2) is 5.91 Å². The first-order valence-corrected chi connectivity index (χ1v) is 7.41. The molecule has 0 bridgehead atoms. The smallest absolute Gasteiger partial charge is 0.322 e. The minimum Gasteiger partial charge on any atom is -0.322 e. The molecule has 0 aliphatic heterocycles. The van der Waals surface area contributed by atoms with E-state index in [9.17, 15) is 18.0 Å². The van der Waals surface area contributed by atoms with Crippen molar-refractivity contribution in [2.45, 2.75) is 32.4 Å². The van der Waals surface area contributed by atoms with Gasteiger partial charge in [0.05, 0.1) is 11.1 Å². The fourth-order valence-electron chi connectivity index (χ4n) is 2.38. The van der Waals surface area contributed by atoms with E-state index in [0.717, 1.165) is 18.1 Å². The van der Waals surface area contributed by atoms with Gasteiger partial charge in [0.15, 0.2) is 0 Å². The van der Waals surface area contributed by atoms with Crippen molar-refractivity contribution in [2.75, 3.05) is 5.32 Å². The second-order valence-corrected chi connectivity index (χ2v) is 5.39. The molecule has 0 heterocycles. The van der Waals surface area contributed by atoms with Crippen LogP contribution in [0.25, 0.3) is 0 Å². The number of amides is 1. The van der Waals surface area contributed by atoms with E-state index < -0.39 is 17.6 Å². The van der Waals surface area contributed by atoms with Crippen LogP contribution in [0.3, 0.4) is 0 Å². The lowest BCUT2D eigenvalue weighted by molar-refractivity contribution is -0.137. The molecule has 122 valence electrons. The van der Waals surface area contributed by atoms with E-state index in [1.807, 2.05) is 26.0 Å². The van der Waals surface area contributed by atoms with E-state index in [1.54, 1.807) is 12.1 Å². The highest BCUT2D eigenvalue weighted by atomic mass is 19.4. The van der Waals surface area contributed by atoms with Crippen LogP contribution < -0.4 is 5.32 Å². The highest BCUT2D eigenvalue weighted by molar-refractivity contribution is 6.05. The molecule has 1 amide bonds. The summed E-state index contributed by atoms with van der Waals surface area (Å²) in [6, 6.07) is 12.0. The van der Waals surface area contributed by atoms with Gasteiger partial charge in [-0.1, -0.05) is 44.2 Å². The first-order valence-electron chi connectivity index (χ1n) is 7.41. The Morgan fingerprint density at radius 2 is 1.70 bits per heavy atom. The molecule has 1 atom stereocenters. The predicted octanol–water partition coefficient (Wildman–Crippen LogP) is 5.47. The van der Waals surface area contributed by atoms with Crippen LogP contribution in [0.15, 0.2) is 48.5 Å². The average Bonchev–Trinajstić information content (AvgIpc) is 2.54. The van der Waals surface area contributed by atoms with Crippen LogP contribution in [0, 0.1) is 0 Å². The van der Waals surface area contributed by atoms with Crippen LogP contribution in [0.5, 0.6) is 0 Å². The quantitative estimate of drug-likeness (QED) is 0.794. The van der Waals surface area contributed by atoms with Crippen LogP contribution in [0.1, 0.15) is 47.7 Å². The summed E-state index contributed by atoms with van der Waals surface area (Å²) in [7, 11) is 0. The van der Waals surface area contributed by atoms with E-state index >= 15 is 0 Å². The third-order valence-electron chi connectivity index (χ3n) is 3.83. The Morgan fingerprint density at radius 1 is 1.09 bits per heavy atom. The number of alkyl halides is 3. The maximum atomic E-state index is 13.0. The molecule has 0 aliphatic carbocycles. The number of hydrogen-bond donors (Lipinski definition) is 1. The Morgan fingerprint density at radius 3 is 2.35 bits per heavy atom. The zero-order valence-corrected chi connectivity index (χ0v) is 12.9. The minimum atomic E-state index is -4.57. The first-order chi connectivity index (χ1) is 10.8. The summed E-state index contributed by atoms with van der Waals surface area (Å²) in [5, 5.41) is 2.62. The highest BCUT2D eigenvalue weighted by Gasteiger charge is 2.34. The molecule has 2 aromatic rings. The van der Waals surface area contributed by atoms with Crippen molar-refractivity contribution >= 4 is 11.6 Å². The topological polar surface area (TPSA) is 29.1 Å². The number of hydrogen-bond acceptors (Lipinski definition) is 1. The number of nitrogens with one attached hydrogen (secondary N) is 1. The van der Waals surface area contributed by atoms with E-state index in [0.29, 0.717) is 5.69 Å². The van der Waals surface area contributed by atoms with Crippen molar-refractivity contribution in [1.82, 2.24) is 0 Å². The number of para-hydroxylation sites is 1. The maximum Gasteiger partial charge on any atom is 0.417 e. The van der Waals surface area contributed by atoms with Gasteiger partial charge in [-0.25, -0.2) is 0 Å². The average molecular weight is 321 g/mol. The van der Waals surface area contributed by atoms with Crippen molar-refractivity contribution in [2.24, 2.45) is 0 Å². The molecule has 5 heteroatoms. The summed E-state index contributed by atoms with van der Waals surface area (Å²) < 4.78 is 39.1. The van der Waals surface area contributed by atoms with Crippen LogP contribution >= 0.6 is 0 Å². The number of rotatable bonds is 4. The van der Waals surface area contributed by atoms with Gasteiger partial charge in [0.25, 0.3) is 5.91 Å². The lowest BCUT2D eigenvalue weighted by Gasteiger charge is -2.17. The molecule has 2 rings (SSSR count). The molecule has 0 spiro atoms. The summed E-state index contributed by atoms with van der Waals surface area (Å²) in [6.07, 6.45) is -3.70. The Kier molecular flexibility index (Phi) is 5.08. The molecule has 0 radical (unpaired) electrons. The number of anilines is 1. The lowest BCUT2D eigenvalue weighted by Crippen LogP contribution is -2.19. The lowest BCUT2D eigenvalue weighted by atomic mass is 9.96. The van der Waals surface area contributed by atoms with Crippen LogP contribution in [0.4, 0.5) is 18.9 Å². The molecule has 1 N–H and O–H groups in total. The van der Waals surface area contributed by atoms with E-state index in [1.165, 1.54) is 18.2 Å². The summed E-state index contributed by atoms with van der Waals surface area (Å²) in [5.74, 6) is -0.557. The van der Waals surface area contributed by atoms with Crippen LogP contribution in [0.2, 0.25) is 0 Å². The zero-order valence-electron chi connectivity index (χ0n) is 12.9. The molecule has 0 aromatic heterocycles. The van der Waals surface area contributed by atoms with Crippen molar-refractivity contribution in [1.29, 1.82) is 0 Å². The third kappa shape index (κ3) is 3.92. The Labute approximate surface area is 133 Å². The van der Waals surface area contributed by atoms with Gasteiger partial charge >= 0.3 is 6.18 Å². The largest absolute Gasteiger partial charge is 0.417 e. The molecular formula is C18H18F3NO. The van der Waals surface area contributed by atoms with Crippen molar-refractivity contribution < 1.29 is 18.0 Å². The van der Waals surface area contributed by atoms with E-state index in [-0.39, 0.29) is 11.5 Å². The summed E-state index contributed by atoms with van der Waals surface area (Å²) >= 11 is 0. The molecule has 0 saturated heterocycles. The molecule has 0 unspecified atom stereocenters. The van der Waals surface area contributed by atoms with Gasteiger partial charge in [0.1, 0.15) is 0 Å². The number of carbonyl (C=O) groups excluding carboxylic acids is 1.